The van der Waals surface area contributed by atoms with Crippen LogP contribution in [-0.2, 0) is 9.59 Å². The van der Waals surface area contributed by atoms with Crippen LogP contribution in [0.4, 0.5) is 0 Å². The number of fused-ring (bicyclic) bond motifs is 1. The third-order valence-corrected chi connectivity index (χ3v) is 2.13. The molecule has 5 N–H and O–H groups in total. The van der Waals surface area contributed by atoms with E-state index in [1.807, 2.05) is 24.3 Å². The fourth-order valence-corrected chi connectivity index (χ4v) is 1.15. The van der Waals surface area contributed by atoms with Crippen molar-refractivity contribution in [2.75, 3.05) is 0 Å². The quantitative estimate of drug-likeness (QED) is 0.501. The minimum absolute atomic E-state index is 1.03. The van der Waals surface area contributed by atoms with Crippen LogP contribution in [0.3, 0.4) is 0 Å². The highest BCUT2D eigenvalue weighted by Gasteiger charge is 2.29. The summed E-state index contributed by atoms with van der Waals surface area (Å²) in [5, 5.41) is 32.5. The number of para-hydroxylation sites is 2. The second-order valence-corrected chi connectivity index (χ2v) is 3.49. The number of nitrogens with one attached hydrogen (secondary N) is 1. The fourth-order valence-electron chi connectivity index (χ4n) is 1.15. The van der Waals surface area contributed by atoms with Gasteiger partial charge in [0.2, 0.25) is 0 Å². The number of carboxylic acid groups (broad SMARTS) is 2. The Hall–Kier alpha value is -2.45. The topological polar surface area (TPSA) is 144 Å². The summed E-state index contributed by atoms with van der Waals surface area (Å²) < 4.78 is 0. The number of aliphatic hydroxyl groups excluding tert-OH is 2. The third kappa shape index (κ3) is 4.05. The number of carbonyl (C=O) groups is 2. The number of H-pyrrole nitrogens is 1. The molecule has 0 saturated carbocycles. The molecule has 2 unspecified atom stereocenters. The number of benzene rings is 1. The zero-order valence-corrected chi connectivity index (χ0v) is 9.59. The van der Waals surface area contributed by atoms with Gasteiger partial charge in [0.25, 0.3) is 0 Å². The highest BCUT2D eigenvalue weighted by atomic mass is 16.4. The highest BCUT2D eigenvalue weighted by molar-refractivity contribution is 5.83. The molecule has 0 spiro atoms. The fraction of sp³-hybridized carbons (Fsp3) is 0.182. The van der Waals surface area contributed by atoms with Crippen LogP contribution in [0, 0.1) is 0 Å². The lowest BCUT2D eigenvalue weighted by Crippen LogP contribution is -2.39. The van der Waals surface area contributed by atoms with E-state index in [1.54, 1.807) is 6.33 Å². The maximum absolute atomic E-state index is 9.77. The molecular formula is C11H12N2O6. The van der Waals surface area contributed by atoms with E-state index in [1.165, 1.54) is 0 Å². The van der Waals surface area contributed by atoms with Crippen LogP contribution in [0.25, 0.3) is 11.0 Å². The average molecular weight is 268 g/mol. The smallest absolute Gasteiger partial charge is 0.335 e. The van der Waals surface area contributed by atoms with Crippen molar-refractivity contribution >= 4 is 23.0 Å². The molecule has 102 valence electrons. The van der Waals surface area contributed by atoms with Crippen molar-refractivity contribution in [3.63, 3.8) is 0 Å². The summed E-state index contributed by atoms with van der Waals surface area (Å²) in [5.41, 5.74) is 2.12. The van der Waals surface area contributed by atoms with Gasteiger partial charge in [0.15, 0.2) is 12.2 Å². The average Bonchev–Trinajstić information content (AvgIpc) is 2.85. The molecule has 1 heterocycles. The molecule has 2 aromatic rings. The van der Waals surface area contributed by atoms with Gasteiger partial charge in [0, 0.05) is 0 Å². The summed E-state index contributed by atoms with van der Waals surface area (Å²) in [6, 6.07) is 7.94. The molecule has 1 aromatic carbocycles. The van der Waals surface area contributed by atoms with E-state index in [-0.39, 0.29) is 0 Å². The molecule has 0 aliphatic rings. The van der Waals surface area contributed by atoms with Gasteiger partial charge in [0.05, 0.1) is 17.4 Å². The number of nitrogens with zero attached hydrogens (tertiary/aromatic N) is 1. The van der Waals surface area contributed by atoms with Crippen molar-refractivity contribution in [1.82, 2.24) is 9.97 Å². The molecule has 0 aliphatic heterocycles. The first kappa shape index (κ1) is 14.6. The minimum Gasteiger partial charge on any atom is -0.479 e. The zero-order valence-electron chi connectivity index (χ0n) is 9.59. The molecule has 0 saturated heterocycles. The Labute approximate surface area is 107 Å². The Morgan fingerprint density at radius 2 is 1.58 bits per heavy atom. The molecule has 1 aromatic heterocycles. The number of carboxylic acids is 2. The molecule has 19 heavy (non-hydrogen) atoms. The van der Waals surface area contributed by atoms with Crippen molar-refractivity contribution in [3.05, 3.63) is 30.6 Å². The summed E-state index contributed by atoms with van der Waals surface area (Å²) in [6.07, 6.45) is -2.83. The van der Waals surface area contributed by atoms with Gasteiger partial charge in [-0.25, -0.2) is 14.6 Å². The normalized spacial score (nSPS) is 13.2. The molecule has 0 amide bonds. The van der Waals surface area contributed by atoms with E-state index >= 15 is 0 Å². The van der Waals surface area contributed by atoms with Gasteiger partial charge in [-0.15, -0.1) is 0 Å². The molecule has 8 heteroatoms. The van der Waals surface area contributed by atoms with Crippen LogP contribution in [0.15, 0.2) is 30.6 Å². The number of aliphatic hydroxyl groups is 2. The van der Waals surface area contributed by atoms with Crippen LogP contribution in [0.5, 0.6) is 0 Å². The predicted octanol–water partition coefficient (Wildman–Crippen LogP) is -0.560. The summed E-state index contributed by atoms with van der Waals surface area (Å²) >= 11 is 0. The van der Waals surface area contributed by atoms with Crippen molar-refractivity contribution in [1.29, 1.82) is 0 Å². The number of hydrogen-bond donors (Lipinski definition) is 5. The van der Waals surface area contributed by atoms with Gasteiger partial charge >= 0.3 is 11.9 Å². The molecule has 2 rings (SSSR count). The second-order valence-electron chi connectivity index (χ2n) is 3.49. The minimum atomic E-state index is -2.27. The molecule has 0 bridgehead atoms. The van der Waals surface area contributed by atoms with Crippen LogP contribution in [0.2, 0.25) is 0 Å². The zero-order chi connectivity index (χ0) is 14.4. The summed E-state index contributed by atoms with van der Waals surface area (Å²) in [5.74, 6) is -3.54. The number of imidazole rings is 1. The maximum Gasteiger partial charge on any atom is 0.335 e. The highest BCUT2D eigenvalue weighted by Crippen LogP contribution is 2.05. The van der Waals surface area contributed by atoms with Gasteiger partial charge in [-0.05, 0) is 12.1 Å². The van der Waals surface area contributed by atoms with Crippen molar-refractivity contribution < 1.29 is 30.0 Å². The predicted molar refractivity (Wildman–Crippen MR) is 63.4 cm³/mol. The lowest BCUT2D eigenvalue weighted by atomic mass is 10.2. The van der Waals surface area contributed by atoms with Gasteiger partial charge in [-0.3, -0.25) is 0 Å². The SMILES string of the molecule is O=C(O)C(O)C(O)C(=O)O.c1ccc2[nH]cnc2c1. The Kier molecular flexibility index (Phi) is 4.98. The molecule has 0 fully saturated rings. The standard InChI is InChI=1S/C7H6N2.C4H6O6/c1-2-4-7-6(3-1)8-5-9-7;5-1(3(7)8)2(6)4(9)10/h1-5H,(H,8,9);1-2,5-6H,(H,7,8)(H,9,10). The first-order valence-electron chi connectivity index (χ1n) is 5.13. The second kappa shape index (κ2) is 6.47. The van der Waals surface area contributed by atoms with E-state index in [0.29, 0.717) is 0 Å². The largest absolute Gasteiger partial charge is 0.479 e. The van der Waals surface area contributed by atoms with E-state index in [2.05, 4.69) is 9.97 Å². The lowest BCUT2D eigenvalue weighted by Gasteiger charge is -2.07. The number of aliphatic carboxylic acids is 2. The Balaban J connectivity index is 0.000000190. The van der Waals surface area contributed by atoms with Gasteiger partial charge in [-0.1, -0.05) is 12.1 Å². The van der Waals surface area contributed by atoms with Crippen LogP contribution in [-0.4, -0.2) is 54.5 Å². The molecule has 2 atom stereocenters. The Bertz CT molecular complexity index is 519. The van der Waals surface area contributed by atoms with Crippen molar-refractivity contribution in [2.45, 2.75) is 12.2 Å². The number of aromatic amines is 1. The van der Waals surface area contributed by atoms with Gasteiger partial charge in [0.1, 0.15) is 0 Å². The van der Waals surface area contributed by atoms with Crippen LogP contribution >= 0.6 is 0 Å². The number of aromatic nitrogens is 2. The van der Waals surface area contributed by atoms with E-state index in [4.69, 9.17) is 20.4 Å². The van der Waals surface area contributed by atoms with Crippen molar-refractivity contribution in [2.24, 2.45) is 0 Å². The van der Waals surface area contributed by atoms with Crippen LogP contribution < -0.4 is 0 Å². The number of hydrogen-bond acceptors (Lipinski definition) is 5. The summed E-state index contributed by atoms with van der Waals surface area (Å²) in [6.45, 7) is 0. The third-order valence-electron chi connectivity index (χ3n) is 2.13. The van der Waals surface area contributed by atoms with E-state index in [9.17, 15) is 9.59 Å². The lowest BCUT2D eigenvalue weighted by molar-refractivity contribution is -0.165. The first-order valence-corrected chi connectivity index (χ1v) is 5.13. The summed E-state index contributed by atoms with van der Waals surface area (Å²) in [4.78, 5) is 26.6. The molecule has 8 nitrogen and oxygen atoms in total. The maximum atomic E-state index is 9.77. The van der Waals surface area contributed by atoms with Gasteiger partial charge < -0.3 is 25.4 Å². The summed E-state index contributed by atoms with van der Waals surface area (Å²) in [7, 11) is 0. The first-order chi connectivity index (χ1) is 8.93. The van der Waals surface area contributed by atoms with Crippen molar-refractivity contribution in [3.8, 4) is 0 Å². The van der Waals surface area contributed by atoms with Gasteiger partial charge in [-0.2, -0.15) is 0 Å². The molecule has 0 radical (unpaired) electrons. The Morgan fingerprint density at radius 1 is 1.05 bits per heavy atom. The number of rotatable bonds is 3. The van der Waals surface area contributed by atoms with Crippen LogP contribution in [0.1, 0.15) is 0 Å². The van der Waals surface area contributed by atoms with E-state index < -0.39 is 24.1 Å². The molecule has 0 aliphatic carbocycles. The Morgan fingerprint density at radius 3 is 2.05 bits per heavy atom. The monoisotopic (exact) mass is 268 g/mol. The van der Waals surface area contributed by atoms with E-state index in [0.717, 1.165) is 11.0 Å². The molecular weight excluding hydrogens is 256 g/mol.